The summed E-state index contributed by atoms with van der Waals surface area (Å²) in [5, 5.41) is 0. The van der Waals surface area contributed by atoms with Gasteiger partial charge in [-0.15, -0.1) is 0 Å². The molecule has 0 aromatic heterocycles. The quantitative estimate of drug-likeness (QED) is 0.726. The first-order valence-corrected chi connectivity index (χ1v) is 8.05. The van der Waals surface area contributed by atoms with E-state index in [2.05, 4.69) is 39.8 Å². The maximum atomic E-state index is 6.12. The molecule has 0 aliphatic rings. The minimum atomic E-state index is 0.678. The first kappa shape index (κ1) is 17.0. The molecule has 1 rings (SSSR count). The van der Waals surface area contributed by atoms with Gasteiger partial charge in [-0.25, -0.2) is 0 Å². The Morgan fingerprint density at radius 3 is 2.30 bits per heavy atom. The highest BCUT2D eigenvalue weighted by Gasteiger charge is 2.10. The van der Waals surface area contributed by atoms with Gasteiger partial charge in [0.25, 0.3) is 0 Å². The van der Waals surface area contributed by atoms with E-state index in [0.29, 0.717) is 12.5 Å². The van der Waals surface area contributed by atoms with E-state index in [1.54, 1.807) is 0 Å². The molecule has 20 heavy (non-hydrogen) atoms. The van der Waals surface area contributed by atoms with Crippen molar-refractivity contribution < 1.29 is 4.74 Å². The van der Waals surface area contributed by atoms with Crippen LogP contribution in [0.2, 0.25) is 0 Å². The normalized spacial score (nSPS) is 12.4. The molecule has 0 aliphatic heterocycles. The predicted molar refractivity (Wildman–Crippen MR) is 87.5 cm³/mol. The van der Waals surface area contributed by atoms with Crippen LogP contribution in [0.5, 0.6) is 5.75 Å². The first-order valence-electron chi connectivity index (χ1n) is 8.05. The van der Waals surface area contributed by atoms with Crippen molar-refractivity contribution in [3.63, 3.8) is 0 Å². The van der Waals surface area contributed by atoms with E-state index in [1.807, 2.05) is 0 Å². The van der Waals surface area contributed by atoms with Gasteiger partial charge < -0.3 is 10.5 Å². The van der Waals surface area contributed by atoms with Gasteiger partial charge in [0.1, 0.15) is 5.75 Å². The molecule has 0 amide bonds. The highest BCUT2D eigenvalue weighted by atomic mass is 16.5. The molecule has 0 saturated heterocycles. The molecule has 1 atom stereocenters. The number of ether oxygens (including phenoxy) is 1. The van der Waals surface area contributed by atoms with Gasteiger partial charge in [-0.2, -0.15) is 0 Å². The van der Waals surface area contributed by atoms with Crippen molar-refractivity contribution in [2.45, 2.75) is 59.8 Å². The Balaban J connectivity index is 2.67. The van der Waals surface area contributed by atoms with Crippen LogP contribution in [0.15, 0.2) is 12.1 Å². The Morgan fingerprint density at radius 1 is 1.15 bits per heavy atom. The smallest absolute Gasteiger partial charge is 0.125 e. The van der Waals surface area contributed by atoms with Crippen LogP contribution in [0.25, 0.3) is 0 Å². The summed E-state index contributed by atoms with van der Waals surface area (Å²) in [6, 6.07) is 4.42. The van der Waals surface area contributed by atoms with Gasteiger partial charge in [0, 0.05) is 0 Å². The van der Waals surface area contributed by atoms with E-state index in [-0.39, 0.29) is 0 Å². The molecule has 2 N–H and O–H groups in total. The van der Waals surface area contributed by atoms with Gasteiger partial charge in [0.15, 0.2) is 0 Å². The molecule has 1 unspecified atom stereocenters. The molecule has 0 bridgehead atoms. The fourth-order valence-corrected chi connectivity index (χ4v) is 2.68. The Kier molecular flexibility index (Phi) is 7.68. The standard InChI is InChI=1S/C18H31NO/c1-5-7-8-16(6-2)13-20-18-14(3)11-17(9-10-19)12-15(18)4/h11-12,16H,5-10,13,19H2,1-4H3. The summed E-state index contributed by atoms with van der Waals surface area (Å²) >= 11 is 0. The molecular formula is C18H31NO. The summed E-state index contributed by atoms with van der Waals surface area (Å²) in [5.41, 5.74) is 9.41. The van der Waals surface area contributed by atoms with Gasteiger partial charge in [0.05, 0.1) is 6.61 Å². The van der Waals surface area contributed by atoms with E-state index in [1.165, 1.54) is 42.4 Å². The zero-order chi connectivity index (χ0) is 15.0. The number of unbranched alkanes of at least 4 members (excludes halogenated alkanes) is 1. The summed E-state index contributed by atoms with van der Waals surface area (Å²) in [4.78, 5) is 0. The van der Waals surface area contributed by atoms with E-state index < -0.39 is 0 Å². The van der Waals surface area contributed by atoms with Crippen LogP contribution < -0.4 is 10.5 Å². The summed E-state index contributed by atoms with van der Waals surface area (Å²) in [5.74, 6) is 1.75. The zero-order valence-electron chi connectivity index (χ0n) is 13.7. The molecule has 0 saturated carbocycles. The second-order valence-electron chi connectivity index (χ2n) is 5.82. The third-order valence-corrected chi connectivity index (χ3v) is 3.96. The number of aryl methyl sites for hydroxylation is 2. The van der Waals surface area contributed by atoms with Crippen molar-refractivity contribution in [2.75, 3.05) is 13.2 Å². The second-order valence-corrected chi connectivity index (χ2v) is 5.82. The van der Waals surface area contributed by atoms with Crippen LogP contribution in [0.3, 0.4) is 0 Å². The molecule has 0 radical (unpaired) electrons. The highest BCUT2D eigenvalue weighted by molar-refractivity contribution is 5.43. The lowest BCUT2D eigenvalue weighted by atomic mass is 10.00. The Hall–Kier alpha value is -1.02. The average molecular weight is 277 g/mol. The molecule has 2 nitrogen and oxygen atoms in total. The van der Waals surface area contributed by atoms with Crippen molar-refractivity contribution in [1.82, 2.24) is 0 Å². The number of hydrogen-bond donors (Lipinski definition) is 1. The third-order valence-electron chi connectivity index (χ3n) is 3.96. The fourth-order valence-electron chi connectivity index (χ4n) is 2.68. The number of nitrogens with two attached hydrogens (primary N) is 1. The monoisotopic (exact) mass is 277 g/mol. The maximum Gasteiger partial charge on any atom is 0.125 e. The molecule has 1 aromatic rings. The molecule has 0 spiro atoms. The van der Waals surface area contributed by atoms with E-state index in [0.717, 1.165) is 18.8 Å². The highest BCUT2D eigenvalue weighted by Crippen LogP contribution is 2.26. The molecule has 1 aromatic carbocycles. The number of hydrogen-bond acceptors (Lipinski definition) is 2. The van der Waals surface area contributed by atoms with Crippen LogP contribution in [0, 0.1) is 19.8 Å². The van der Waals surface area contributed by atoms with Crippen LogP contribution in [-0.2, 0) is 6.42 Å². The topological polar surface area (TPSA) is 35.2 Å². The maximum absolute atomic E-state index is 6.12. The van der Waals surface area contributed by atoms with E-state index in [4.69, 9.17) is 10.5 Å². The lowest BCUT2D eigenvalue weighted by Gasteiger charge is -2.19. The molecule has 0 fully saturated rings. The largest absolute Gasteiger partial charge is 0.493 e. The average Bonchev–Trinajstić information content (AvgIpc) is 2.41. The zero-order valence-corrected chi connectivity index (χ0v) is 13.7. The number of rotatable bonds is 9. The van der Waals surface area contributed by atoms with E-state index >= 15 is 0 Å². The van der Waals surface area contributed by atoms with Crippen molar-refractivity contribution >= 4 is 0 Å². The van der Waals surface area contributed by atoms with E-state index in [9.17, 15) is 0 Å². The van der Waals surface area contributed by atoms with Gasteiger partial charge >= 0.3 is 0 Å². The van der Waals surface area contributed by atoms with Crippen molar-refractivity contribution in [3.8, 4) is 5.75 Å². The van der Waals surface area contributed by atoms with Crippen molar-refractivity contribution in [1.29, 1.82) is 0 Å². The lowest BCUT2D eigenvalue weighted by Crippen LogP contribution is -2.13. The Morgan fingerprint density at radius 2 is 1.80 bits per heavy atom. The SMILES string of the molecule is CCCCC(CC)COc1c(C)cc(CCN)cc1C. The minimum absolute atomic E-state index is 0.678. The molecule has 114 valence electrons. The van der Waals surface area contributed by atoms with Gasteiger partial charge in [-0.3, -0.25) is 0 Å². The molecule has 0 heterocycles. The summed E-state index contributed by atoms with van der Waals surface area (Å²) in [6.45, 7) is 10.3. The minimum Gasteiger partial charge on any atom is -0.493 e. The molecule has 2 heteroatoms. The predicted octanol–water partition coefficient (Wildman–Crippen LogP) is 4.40. The number of benzene rings is 1. The van der Waals surface area contributed by atoms with Crippen LogP contribution in [-0.4, -0.2) is 13.2 Å². The summed E-state index contributed by atoms with van der Waals surface area (Å²) < 4.78 is 6.12. The van der Waals surface area contributed by atoms with Crippen molar-refractivity contribution in [3.05, 3.63) is 28.8 Å². The third kappa shape index (κ3) is 5.16. The van der Waals surface area contributed by atoms with Crippen LogP contribution in [0.4, 0.5) is 0 Å². The molecular weight excluding hydrogens is 246 g/mol. The Bertz CT molecular complexity index is 377. The van der Waals surface area contributed by atoms with Gasteiger partial charge in [-0.1, -0.05) is 45.2 Å². The molecule has 0 aliphatic carbocycles. The summed E-state index contributed by atoms with van der Waals surface area (Å²) in [6.07, 6.45) is 5.98. The van der Waals surface area contributed by atoms with Gasteiger partial charge in [0.2, 0.25) is 0 Å². The van der Waals surface area contributed by atoms with Gasteiger partial charge in [-0.05, 0) is 55.8 Å². The van der Waals surface area contributed by atoms with Crippen molar-refractivity contribution in [2.24, 2.45) is 11.7 Å². The lowest BCUT2D eigenvalue weighted by molar-refractivity contribution is 0.231. The second kappa shape index (κ2) is 9.02. The first-order chi connectivity index (χ1) is 9.62. The Labute approximate surface area is 124 Å². The van der Waals surface area contributed by atoms with Crippen LogP contribution >= 0.6 is 0 Å². The fraction of sp³-hybridized carbons (Fsp3) is 0.667. The van der Waals surface area contributed by atoms with Crippen LogP contribution in [0.1, 0.15) is 56.2 Å². The summed E-state index contributed by atoms with van der Waals surface area (Å²) in [7, 11) is 0.